The van der Waals surface area contributed by atoms with Crippen LogP contribution in [0.3, 0.4) is 0 Å². The highest BCUT2D eigenvalue weighted by Crippen LogP contribution is 2.35. The van der Waals surface area contributed by atoms with Crippen molar-refractivity contribution < 1.29 is 33.3 Å². The minimum Gasteiger partial charge on any atom is -0.497 e. The van der Waals surface area contributed by atoms with Crippen LogP contribution in [0.4, 0.5) is 0 Å². The lowest BCUT2D eigenvalue weighted by molar-refractivity contribution is -0.165. The number of methoxy groups -OCH3 is 1. The molecule has 0 aliphatic heterocycles. The summed E-state index contributed by atoms with van der Waals surface area (Å²) >= 11 is 0. The van der Waals surface area contributed by atoms with Gasteiger partial charge in [0.2, 0.25) is 13.6 Å². The van der Waals surface area contributed by atoms with Gasteiger partial charge in [0.15, 0.2) is 0 Å². The van der Waals surface area contributed by atoms with Crippen LogP contribution in [0.1, 0.15) is 74.4 Å². The van der Waals surface area contributed by atoms with Gasteiger partial charge in [0.05, 0.1) is 12.5 Å². The Labute approximate surface area is 307 Å². The van der Waals surface area contributed by atoms with Crippen molar-refractivity contribution >= 4 is 18.0 Å². The molecule has 0 bridgehead atoms. The van der Waals surface area contributed by atoms with Crippen molar-refractivity contribution in [3.8, 4) is 40.9 Å². The summed E-state index contributed by atoms with van der Waals surface area (Å²) in [5, 5.41) is 0. The van der Waals surface area contributed by atoms with Crippen molar-refractivity contribution in [2.75, 3.05) is 20.7 Å². The van der Waals surface area contributed by atoms with E-state index in [9.17, 15) is 9.59 Å². The third kappa shape index (κ3) is 11.9. The second-order valence-electron chi connectivity index (χ2n) is 13.3. The predicted octanol–water partition coefficient (Wildman–Crippen LogP) is 8.98. The van der Waals surface area contributed by atoms with Crippen LogP contribution in [0.15, 0.2) is 97.1 Å². The van der Waals surface area contributed by atoms with Crippen molar-refractivity contribution in [2.24, 2.45) is 17.3 Å². The summed E-state index contributed by atoms with van der Waals surface area (Å²) in [5.41, 5.74) is 4.75. The third-order valence-corrected chi connectivity index (χ3v) is 8.57. The second-order valence-corrected chi connectivity index (χ2v) is 13.3. The van der Waals surface area contributed by atoms with E-state index < -0.39 is 11.4 Å². The number of hydrogen-bond acceptors (Lipinski definition) is 7. The Morgan fingerprint density at radius 1 is 0.692 bits per heavy atom. The normalized spacial score (nSPS) is 11.9. The lowest BCUT2D eigenvalue weighted by atomic mass is 9.73. The van der Waals surface area contributed by atoms with Crippen LogP contribution in [0.2, 0.25) is 0 Å². The zero-order valence-electron chi connectivity index (χ0n) is 30.9. The van der Waals surface area contributed by atoms with Crippen LogP contribution in [0, 0.1) is 47.9 Å². The van der Waals surface area contributed by atoms with E-state index in [2.05, 4.69) is 37.5 Å². The average molecular weight is 699 g/mol. The molecule has 268 valence electrons. The first-order chi connectivity index (χ1) is 24.9. The number of aryl methyl sites for hydroxylation is 1. The van der Waals surface area contributed by atoms with E-state index in [1.165, 1.54) is 6.08 Å². The smallest absolute Gasteiger partial charge is 0.333 e. The highest BCUT2D eigenvalue weighted by atomic mass is 16.7. The largest absolute Gasteiger partial charge is 0.497 e. The molecule has 0 aliphatic rings. The molecular formula is C45H46O7. The fourth-order valence-electron chi connectivity index (χ4n) is 5.24. The second kappa shape index (κ2) is 18.9. The number of hydrogen-bond donors (Lipinski definition) is 0. The molecule has 0 radical (unpaired) electrons. The summed E-state index contributed by atoms with van der Waals surface area (Å²) in [7, 11) is 1.60. The van der Waals surface area contributed by atoms with Crippen molar-refractivity contribution in [3.63, 3.8) is 0 Å². The van der Waals surface area contributed by atoms with E-state index in [1.807, 2.05) is 107 Å². The maximum absolute atomic E-state index is 12.8. The molecule has 0 aliphatic carbocycles. The van der Waals surface area contributed by atoms with Crippen LogP contribution in [0.25, 0.3) is 6.08 Å². The van der Waals surface area contributed by atoms with Crippen molar-refractivity contribution in [3.05, 3.63) is 130 Å². The van der Waals surface area contributed by atoms with Gasteiger partial charge in [0, 0.05) is 28.3 Å². The molecule has 4 aromatic carbocycles. The van der Waals surface area contributed by atoms with Gasteiger partial charge < -0.3 is 23.7 Å². The van der Waals surface area contributed by atoms with Gasteiger partial charge in [-0.1, -0.05) is 63.5 Å². The first-order valence-corrected chi connectivity index (χ1v) is 17.2. The summed E-state index contributed by atoms with van der Waals surface area (Å²) in [6, 6.07) is 27.9. The lowest BCUT2D eigenvalue weighted by Crippen LogP contribution is -2.37. The maximum atomic E-state index is 12.8. The summed E-state index contributed by atoms with van der Waals surface area (Å²) in [5.74, 6) is 14.5. The molecule has 4 aromatic rings. The Bertz CT molecular complexity index is 1950. The highest BCUT2D eigenvalue weighted by molar-refractivity contribution is 5.87. The Morgan fingerprint density at radius 3 is 1.75 bits per heavy atom. The van der Waals surface area contributed by atoms with Gasteiger partial charge in [-0.2, -0.15) is 0 Å². The average Bonchev–Trinajstić information content (AvgIpc) is 3.13. The van der Waals surface area contributed by atoms with Crippen LogP contribution >= 0.6 is 0 Å². The van der Waals surface area contributed by atoms with Crippen LogP contribution in [-0.2, 0) is 19.1 Å². The quantitative estimate of drug-likeness (QED) is 0.0597. The zero-order valence-corrected chi connectivity index (χ0v) is 30.9. The zero-order chi connectivity index (χ0) is 37.5. The molecule has 0 N–H and O–H groups in total. The molecule has 0 fully saturated rings. The Morgan fingerprint density at radius 2 is 1.21 bits per heavy atom. The van der Waals surface area contributed by atoms with Gasteiger partial charge in [-0.3, -0.25) is 4.79 Å². The van der Waals surface area contributed by atoms with Gasteiger partial charge in [-0.15, -0.1) is 0 Å². The molecule has 0 saturated carbocycles. The van der Waals surface area contributed by atoms with E-state index in [0.29, 0.717) is 17.4 Å². The van der Waals surface area contributed by atoms with Gasteiger partial charge in [-0.25, -0.2) is 4.79 Å². The van der Waals surface area contributed by atoms with E-state index in [-0.39, 0.29) is 25.5 Å². The van der Waals surface area contributed by atoms with E-state index >= 15 is 0 Å². The van der Waals surface area contributed by atoms with Gasteiger partial charge in [0.25, 0.3) is 0 Å². The molecule has 0 amide bonds. The molecule has 0 aromatic heterocycles. The molecule has 0 heterocycles. The Hall–Kier alpha value is -5.92. The first-order valence-electron chi connectivity index (χ1n) is 17.2. The van der Waals surface area contributed by atoms with Gasteiger partial charge in [-0.05, 0) is 128 Å². The number of carbonyl (C=O) groups is 2. The number of rotatable bonds is 13. The number of esters is 2. The molecule has 4 rings (SSSR count). The summed E-state index contributed by atoms with van der Waals surface area (Å²) in [4.78, 5) is 24.8. The van der Waals surface area contributed by atoms with E-state index in [4.69, 9.17) is 23.7 Å². The number of carbonyl (C=O) groups excluding carboxylic acids is 2. The summed E-state index contributed by atoms with van der Waals surface area (Å²) in [6.07, 6.45) is 3.77. The standard InChI is InChI=1S/C45H46O7/c1-32(2)29-45(6,33(3)4)44(47)52-31-50-42-23-14-35(15-24-42)8-9-38-11-20-39(34(5)28-38)19-10-36-16-25-41(26-17-36)49-30-51-43(46)27-18-37-12-21-40(48-7)22-13-37/h11-18,20-28,32-33H,29-31H2,1-7H3. The minimum absolute atomic E-state index is 0.136. The fourth-order valence-corrected chi connectivity index (χ4v) is 5.24. The highest BCUT2D eigenvalue weighted by Gasteiger charge is 2.38. The van der Waals surface area contributed by atoms with Crippen molar-refractivity contribution in [1.29, 1.82) is 0 Å². The van der Waals surface area contributed by atoms with E-state index in [1.54, 1.807) is 25.3 Å². The molecule has 0 saturated heterocycles. The minimum atomic E-state index is -0.553. The van der Waals surface area contributed by atoms with Crippen LogP contribution in [-0.4, -0.2) is 32.6 Å². The summed E-state index contributed by atoms with van der Waals surface area (Å²) < 4.78 is 27.0. The molecular weight excluding hydrogens is 652 g/mol. The lowest BCUT2D eigenvalue weighted by Gasteiger charge is -2.32. The molecule has 1 unspecified atom stereocenters. The molecule has 52 heavy (non-hydrogen) atoms. The predicted molar refractivity (Wildman–Crippen MR) is 204 cm³/mol. The Kier molecular flexibility index (Phi) is 14.1. The number of ether oxygens (including phenoxy) is 5. The van der Waals surface area contributed by atoms with Crippen molar-refractivity contribution in [1.82, 2.24) is 0 Å². The topological polar surface area (TPSA) is 80.3 Å². The van der Waals surface area contributed by atoms with Gasteiger partial charge >= 0.3 is 11.9 Å². The molecule has 1 atom stereocenters. The SMILES string of the molecule is COc1ccc(C=CC(=O)OCOc2ccc(C#Cc3ccc(C#Cc4ccc(OCOC(=O)C(C)(CC(C)C)C(C)C)cc4)cc3C)cc2)cc1. The number of benzene rings is 4. The van der Waals surface area contributed by atoms with E-state index in [0.717, 1.165) is 45.6 Å². The van der Waals surface area contributed by atoms with Crippen molar-refractivity contribution in [2.45, 2.75) is 48.0 Å². The first kappa shape index (κ1) is 38.9. The van der Waals surface area contributed by atoms with Gasteiger partial charge in [0.1, 0.15) is 17.2 Å². The molecule has 0 spiro atoms. The van der Waals surface area contributed by atoms with Crippen LogP contribution < -0.4 is 14.2 Å². The molecule has 7 heteroatoms. The third-order valence-electron chi connectivity index (χ3n) is 8.57. The fraction of sp³-hybridized carbons (Fsp3) is 0.289. The maximum Gasteiger partial charge on any atom is 0.333 e. The Balaban J connectivity index is 1.23. The molecule has 7 nitrogen and oxygen atoms in total. The monoisotopic (exact) mass is 698 g/mol. The summed E-state index contributed by atoms with van der Waals surface area (Å²) in [6.45, 7) is 11.9. The van der Waals surface area contributed by atoms with Crippen LogP contribution in [0.5, 0.6) is 17.2 Å².